The Labute approximate surface area is 88.2 Å². The highest BCUT2D eigenvalue weighted by atomic mass is 16.5. The van der Waals surface area contributed by atoms with Crippen molar-refractivity contribution >= 4 is 11.9 Å². The van der Waals surface area contributed by atoms with Gasteiger partial charge in [0, 0.05) is 6.42 Å². The maximum atomic E-state index is 11.1. The van der Waals surface area contributed by atoms with Crippen LogP contribution < -0.4 is 0 Å². The molecule has 0 atom stereocenters. The molecule has 1 N–H and O–H groups in total. The zero-order chi connectivity index (χ0) is 11.4. The second-order valence-corrected chi connectivity index (χ2v) is 3.43. The maximum Gasteiger partial charge on any atom is 0.343 e. The summed E-state index contributed by atoms with van der Waals surface area (Å²) >= 11 is 0. The van der Waals surface area contributed by atoms with Gasteiger partial charge in [0.25, 0.3) is 0 Å². The fourth-order valence-corrected chi connectivity index (χ4v) is 1.45. The van der Waals surface area contributed by atoms with Gasteiger partial charge in [-0.25, -0.2) is 9.59 Å². The number of cyclic esters (lactones) is 1. The fraction of sp³-hybridized carbons (Fsp3) is 0.455. The van der Waals surface area contributed by atoms with Crippen LogP contribution in [0, 0.1) is 0 Å². The number of rotatable bonds is 5. The summed E-state index contributed by atoms with van der Waals surface area (Å²) in [5.41, 5.74) is -0.106. The molecule has 0 fully saturated rings. The van der Waals surface area contributed by atoms with Gasteiger partial charge in [-0.15, -0.1) is 0 Å². The number of allylic oxidation sites excluding steroid dienone is 1. The van der Waals surface area contributed by atoms with Gasteiger partial charge in [-0.1, -0.05) is 26.3 Å². The standard InChI is InChI=1S/C11H14O4/c1-3-4-5-6-8-9(10(12)13)7(2)11(14)15-8/h2-6H2,1H3,(H,12,13). The molecule has 0 saturated carbocycles. The summed E-state index contributed by atoms with van der Waals surface area (Å²) in [5, 5.41) is 8.88. The van der Waals surface area contributed by atoms with Crippen molar-refractivity contribution in [1.82, 2.24) is 0 Å². The third kappa shape index (κ3) is 2.46. The molecule has 0 amide bonds. The van der Waals surface area contributed by atoms with E-state index in [1.54, 1.807) is 0 Å². The van der Waals surface area contributed by atoms with Crippen LogP contribution in [0.1, 0.15) is 32.6 Å². The van der Waals surface area contributed by atoms with E-state index in [9.17, 15) is 9.59 Å². The predicted octanol–water partition coefficient (Wildman–Crippen LogP) is 2.02. The number of carboxylic acids is 1. The van der Waals surface area contributed by atoms with E-state index in [0.717, 1.165) is 19.3 Å². The molecule has 0 radical (unpaired) electrons. The van der Waals surface area contributed by atoms with Gasteiger partial charge >= 0.3 is 11.9 Å². The molecule has 0 unspecified atom stereocenters. The predicted molar refractivity (Wildman–Crippen MR) is 54.0 cm³/mol. The lowest BCUT2D eigenvalue weighted by Crippen LogP contribution is -2.04. The first-order valence-electron chi connectivity index (χ1n) is 4.95. The van der Waals surface area contributed by atoms with Crippen molar-refractivity contribution in [2.24, 2.45) is 0 Å². The summed E-state index contributed by atoms with van der Waals surface area (Å²) in [7, 11) is 0. The molecular weight excluding hydrogens is 196 g/mol. The van der Waals surface area contributed by atoms with E-state index in [4.69, 9.17) is 9.84 Å². The zero-order valence-corrected chi connectivity index (χ0v) is 8.71. The summed E-state index contributed by atoms with van der Waals surface area (Å²) in [6.07, 6.45) is 3.33. The molecule has 0 saturated heterocycles. The molecule has 0 aromatic carbocycles. The Morgan fingerprint density at radius 2 is 2.13 bits per heavy atom. The summed E-state index contributed by atoms with van der Waals surface area (Å²) in [6.45, 7) is 5.45. The Bertz CT molecular complexity index is 338. The second-order valence-electron chi connectivity index (χ2n) is 3.43. The SMILES string of the molecule is C=C1C(=O)OC(CCCCC)=C1C(=O)O. The topological polar surface area (TPSA) is 63.6 Å². The quantitative estimate of drug-likeness (QED) is 0.428. The average Bonchev–Trinajstić information content (AvgIpc) is 2.43. The van der Waals surface area contributed by atoms with Gasteiger partial charge in [0.15, 0.2) is 0 Å². The third-order valence-electron chi connectivity index (χ3n) is 2.26. The van der Waals surface area contributed by atoms with Gasteiger partial charge < -0.3 is 9.84 Å². The van der Waals surface area contributed by atoms with Gasteiger partial charge in [0.2, 0.25) is 0 Å². The molecule has 0 spiro atoms. The van der Waals surface area contributed by atoms with Gasteiger partial charge in [-0.05, 0) is 6.42 Å². The molecule has 1 aliphatic rings. The first-order chi connectivity index (χ1) is 7.07. The van der Waals surface area contributed by atoms with Crippen LogP contribution in [0.15, 0.2) is 23.5 Å². The van der Waals surface area contributed by atoms with Gasteiger partial charge in [0.05, 0.1) is 5.57 Å². The Morgan fingerprint density at radius 1 is 1.47 bits per heavy atom. The van der Waals surface area contributed by atoms with E-state index in [2.05, 4.69) is 6.58 Å². The molecule has 1 heterocycles. The van der Waals surface area contributed by atoms with Crippen molar-refractivity contribution < 1.29 is 19.4 Å². The van der Waals surface area contributed by atoms with Crippen LogP contribution in [0.3, 0.4) is 0 Å². The number of ether oxygens (including phenoxy) is 1. The molecule has 15 heavy (non-hydrogen) atoms. The number of carbonyl (C=O) groups excluding carboxylic acids is 1. The minimum Gasteiger partial charge on any atom is -0.478 e. The van der Waals surface area contributed by atoms with Crippen LogP contribution in [0.2, 0.25) is 0 Å². The number of aliphatic carboxylic acids is 1. The van der Waals surface area contributed by atoms with E-state index in [1.807, 2.05) is 6.92 Å². The largest absolute Gasteiger partial charge is 0.478 e. The Morgan fingerprint density at radius 3 is 2.67 bits per heavy atom. The first kappa shape index (κ1) is 11.5. The number of hydrogen-bond acceptors (Lipinski definition) is 3. The molecule has 4 heteroatoms. The number of carboxylic acid groups (broad SMARTS) is 1. The molecule has 1 rings (SSSR count). The van der Waals surface area contributed by atoms with Crippen molar-refractivity contribution in [3.8, 4) is 0 Å². The fourth-order valence-electron chi connectivity index (χ4n) is 1.45. The Balaban J connectivity index is 2.77. The zero-order valence-electron chi connectivity index (χ0n) is 8.71. The van der Waals surface area contributed by atoms with Crippen molar-refractivity contribution in [2.75, 3.05) is 0 Å². The lowest BCUT2D eigenvalue weighted by Gasteiger charge is -2.01. The van der Waals surface area contributed by atoms with Gasteiger partial charge in [-0.2, -0.15) is 0 Å². The van der Waals surface area contributed by atoms with Crippen LogP contribution in [0.5, 0.6) is 0 Å². The highest BCUT2D eigenvalue weighted by Gasteiger charge is 2.32. The highest BCUT2D eigenvalue weighted by Crippen LogP contribution is 2.28. The minimum absolute atomic E-state index is 0.0472. The smallest absolute Gasteiger partial charge is 0.343 e. The van der Waals surface area contributed by atoms with Crippen molar-refractivity contribution in [3.05, 3.63) is 23.5 Å². The Kier molecular flexibility index (Phi) is 3.66. The van der Waals surface area contributed by atoms with Crippen LogP contribution in [0.25, 0.3) is 0 Å². The van der Waals surface area contributed by atoms with E-state index in [0.29, 0.717) is 6.42 Å². The number of hydrogen-bond donors (Lipinski definition) is 1. The summed E-state index contributed by atoms with van der Waals surface area (Å²) in [4.78, 5) is 22.0. The van der Waals surface area contributed by atoms with Crippen LogP contribution in [-0.4, -0.2) is 17.0 Å². The molecule has 82 valence electrons. The van der Waals surface area contributed by atoms with E-state index < -0.39 is 11.9 Å². The average molecular weight is 210 g/mol. The minimum atomic E-state index is -1.14. The molecular formula is C11H14O4. The molecule has 1 aliphatic heterocycles. The van der Waals surface area contributed by atoms with Crippen molar-refractivity contribution in [2.45, 2.75) is 32.6 Å². The van der Waals surface area contributed by atoms with Crippen LogP contribution in [0.4, 0.5) is 0 Å². The number of carbonyl (C=O) groups is 2. The van der Waals surface area contributed by atoms with E-state index in [-0.39, 0.29) is 16.9 Å². The summed E-state index contributed by atoms with van der Waals surface area (Å²) in [5.74, 6) is -1.53. The highest BCUT2D eigenvalue weighted by molar-refractivity contribution is 6.09. The van der Waals surface area contributed by atoms with Crippen molar-refractivity contribution in [3.63, 3.8) is 0 Å². The van der Waals surface area contributed by atoms with Crippen LogP contribution in [-0.2, 0) is 14.3 Å². The summed E-state index contributed by atoms with van der Waals surface area (Å²) in [6, 6.07) is 0. The van der Waals surface area contributed by atoms with Gasteiger partial charge in [0.1, 0.15) is 11.3 Å². The molecule has 0 aromatic heterocycles. The number of esters is 1. The summed E-state index contributed by atoms with van der Waals surface area (Å²) < 4.78 is 4.85. The van der Waals surface area contributed by atoms with E-state index in [1.165, 1.54) is 0 Å². The van der Waals surface area contributed by atoms with Crippen molar-refractivity contribution in [1.29, 1.82) is 0 Å². The lowest BCUT2D eigenvalue weighted by molar-refractivity contribution is -0.134. The molecule has 0 aliphatic carbocycles. The Hall–Kier alpha value is -1.58. The second kappa shape index (κ2) is 4.77. The monoisotopic (exact) mass is 210 g/mol. The molecule has 0 aromatic rings. The molecule has 4 nitrogen and oxygen atoms in total. The number of unbranched alkanes of at least 4 members (excludes halogenated alkanes) is 2. The van der Waals surface area contributed by atoms with Gasteiger partial charge in [-0.3, -0.25) is 0 Å². The lowest BCUT2D eigenvalue weighted by atomic mass is 10.1. The van der Waals surface area contributed by atoms with E-state index >= 15 is 0 Å². The third-order valence-corrected chi connectivity index (χ3v) is 2.26. The van der Waals surface area contributed by atoms with Crippen LogP contribution >= 0.6 is 0 Å². The first-order valence-corrected chi connectivity index (χ1v) is 4.95. The maximum absolute atomic E-state index is 11.1. The normalized spacial score (nSPS) is 15.8. The molecule has 0 bridgehead atoms.